The lowest BCUT2D eigenvalue weighted by atomic mass is 9.69. The second-order valence-electron chi connectivity index (χ2n) is 7.40. The van der Waals surface area contributed by atoms with Crippen LogP contribution in [0.5, 0.6) is 11.5 Å². The number of fused-ring (bicyclic) bond motifs is 1. The maximum absolute atomic E-state index is 6.61. The highest BCUT2D eigenvalue weighted by molar-refractivity contribution is 6.31. The van der Waals surface area contributed by atoms with Gasteiger partial charge in [0, 0.05) is 28.5 Å². The number of hydrogen-bond donors (Lipinski definition) is 1. The lowest BCUT2D eigenvalue weighted by Crippen LogP contribution is -2.37. The lowest BCUT2D eigenvalue weighted by molar-refractivity contribution is 0.197. The summed E-state index contributed by atoms with van der Waals surface area (Å²) in [7, 11) is 0. The zero-order valence-electron chi connectivity index (χ0n) is 13.0. The molecule has 2 N–H and O–H groups in total. The number of rotatable bonds is 2. The predicted octanol–water partition coefficient (Wildman–Crippen LogP) is 4.05. The number of hydrogen-bond acceptors (Lipinski definition) is 3. The molecule has 1 heterocycles. The van der Waals surface area contributed by atoms with Gasteiger partial charge in [-0.25, -0.2) is 0 Å². The van der Waals surface area contributed by atoms with E-state index in [1.165, 1.54) is 32.1 Å². The molecule has 4 heteroatoms. The van der Waals surface area contributed by atoms with Gasteiger partial charge in [0.05, 0.1) is 13.2 Å². The fraction of sp³-hybridized carbons (Fsp3) is 0.667. The molecule has 1 aliphatic heterocycles. The first kappa shape index (κ1) is 14.6. The second-order valence-corrected chi connectivity index (χ2v) is 7.81. The van der Waals surface area contributed by atoms with E-state index in [9.17, 15) is 0 Å². The minimum absolute atomic E-state index is 0.0112. The molecule has 120 valence electrons. The molecule has 0 bridgehead atoms. The lowest BCUT2D eigenvalue weighted by Gasteiger charge is -2.37. The molecule has 0 atom stereocenters. The average Bonchev–Trinajstić information content (AvgIpc) is 3.35. The largest absolute Gasteiger partial charge is 0.489 e. The summed E-state index contributed by atoms with van der Waals surface area (Å²) in [5, 5.41) is 0.779. The molecule has 1 aromatic rings. The van der Waals surface area contributed by atoms with Crippen molar-refractivity contribution in [1.82, 2.24) is 0 Å². The SMILES string of the molecule is NCC1(c2cc3c(cc2Cl)OCC2(CC2)CO3)CCCCC1. The summed E-state index contributed by atoms with van der Waals surface area (Å²) in [6.07, 6.45) is 8.39. The van der Waals surface area contributed by atoms with Crippen molar-refractivity contribution in [2.45, 2.75) is 50.4 Å². The van der Waals surface area contributed by atoms with Crippen LogP contribution < -0.4 is 15.2 Å². The van der Waals surface area contributed by atoms with Crippen LogP contribution in [0.4, 0.5) is 0 Å². The zero-order valence-corrected chi connectivity index (χ0v) is 13.8. The van der Waals surface area contributed by atoms with Gasteiger partial charge in [-0.05, 0) is 37.3 Å². The van der Waals surface area contributed by atoms with E-state index in [0.29, 0.717) is 6.54 Å². The van der Waals surface area contributed by atoms with E-state index < -0.39 is 0 Å². The Hall–Kier alpha value is -0.930. The summed E-state index contributed by atoms with van der Waals surface area (Å²) in [4.78, 5) is 0. The van der Waals surface area contributed by atoms with Crippen molar-refractivity contribution in [3.63, 3.8) is 0 Å². The van der Waals surface area contributed by atoms with Gasteiger partial charge in [0.25, 0.3) is 0 Å². The van der Waals surface area contributed by atoms with Crippen LogP contribution in [-0.4, -0.2) is 19.8 Å². The summed E-state index contributed by atoms with van der Waals surface area (Å²) in [6, 6.07) is 4.05. The first-order valence-electron chi connectivity index (χ1n) is 8.46. The van der Waals surface area contributed by atoms with Crippen molar-refractivity contribution < 1.29 is 9.47 Å². The zero-order chi connectivity index (χ0) is 15.2. The maximum Gasteiger partial charge on any atom is 0.162 e. The third-order valence-electron chi connectivity index (χ3n) is 5.83. The van der Waals surface area contributed by atoms with E-state index in [0.717, 1.165) is 48.1 Å². The fourth-order valence-corrected chi connectivity index (χ4v) is 4.30. The summed E-state index contributed by atoms with van der Waals surface area (Å²) in [5.41, 5.74) is 7.59. The molecule has 22 heavy (non-hydrogen) atoms. The molecule has 0 saturated heterocycles. The third kappa shape index (κ3) is 2.39. The van der Waals surface area contributed by atoms with Crippen molar-refractivity contribution in [3.8, 4) is 11.5 Å². The van der Waals surface area contributed by atoms with Gasteiger partial charge in [0.2, 0.25) is 0 Å². The van der Waals surface area contributed by atoms with Crippen molar-refractivity contribution in [2.75, 3.05) is 19.8 Å². The molecule has 4 rings (SSSR count). The van der Waals surface area contributed by atoms with Crippen LogP contribution >= 0.6 is 11.6 Å². The second kappa shape index (κ2) is 5.31. The van der Waals surface area contributed by atoms with Crippen LogP contribution in [0.25, 0.3) is 0 Å². The highest BCUT2D eigenvalue weighted by Crippen LogP contribution is 2.51. The van der Waals surface area contributed by atoms with E-state index in [4.69, 9.17) is 26.8 Å². The van der Waals surface area contributed by atoms with Crippen molar-refractivity contribution in [3.05, 3.63) is 22.7 Å². The van der Waals surface area contributed by atoms with Crippen LogP contribution in [-0.2, 0) is 5.41 Å². The topological polar surface area (TPSA) is 44.5 Å². The molecule has 2 fully saturated rings. The van der Waals surface area contributed by atoms with Crippen LogP contribution in [0.2, 0.25) is 5.02 Å². The molecule has 0 unspecified atom stereocenters. The average molecular weight is 322 g/mol. The van der Waals surface area contributed by atoms with Gasteiger partial charge in [-0.3, -0.25) is 0 Å². The molecule has 0 amide bonds. The Kier molecular flexibility index (Phi) is 3.54. The molecular weight excluding hydrogens is 298 g/mol. The van der Waals surface area contributed by atoms with E-state index in [2.05, 4.69) is 6.07 Å². The Morgan fingerprint density at radius 2 is 1.59 bits per heavy atom. The first-order chi connectivity index (χ1) is 10.7. The monoisotopic (exact) mass is 321 g/mol. The smallest absolute Gasteiger partial charge is 0.162 e. The van der Waals surface area contributed by atoms with Gasteiger partial charge in [-0.1, -0.05) is 30.9 Å². The molecule has 1 spiro atoms. The molecule has 2 aliphatic carbocycles. The molecule has 1 aromatic carbocycles. The summed E-state index contributed by atoms with van der Waals surface area (Å²) in [6.45, 7) is 2.16. The first-order valence-corrected chi connectivity index (χ1v) is 8.84. The van der Waals surface area contributed by atoms with E-state index in [1.807, 2.05) is 6.07 Å². The molecule has 0 radical (unpaired) electrons. The van der Waals surface area contributed by atoms with Gasteiger partial charge >= 0.3 is 0 Å². The molecule has 3 aliphatic rings. The van der Waals surface area contributed by atoms with Gasteiger partial charge in [0.1, 0.15) is 0 Å². The van der Waals surface area contributed by atoms with Crippen molar-refractivity contribution in [1.29, 1.82) is 0 Å². The Morgan fingerprint density at radius 3 is 2.18 bits per heavy atom. The Morgan fingerprint density at radius 1 is 0.955 bits per heavy atom. The van der Waals surface area contributed by atoms with Crippen LogP contribution in [0, 0.1) is 5.41 Å². The molecule has 2 saturated carbocycles. The standard InChI is InChI=1S/C18H24ClNO2/c19-14-9-16-15(21-11-17(6-7-17)12-22-16)8-13(14)18(10-20)4-2-1-3-5-18/h8-9H,1-7,10-12,20H2. The number of nitrogens with two attached hydrogens (primary N) is 1. The Balaban J connectivity index is 1.70. The van der Waals surface area contributed by atoms with Gasteiger partial charge < -0.3 is 15.2 Å². The summed E-state index contributed by atoms with van der Waals surface area (Å²) < 4.78 is 12.1. The highest BCUT2D eigenvalue weighted by atomic mass is 35.5. The van der Waals surface area contributed by atoms with Gasteiger partial charge in [-0.15, -0.1) is 0 Å². The fourth-order valence-electron chi connectivity index (χ4n) is 3.95. The molecule has 3 nitrogen and oxygen atoms in total. The van der Waals surface area contributed by atoms with E-state index in [-0.39, 0.29) is 10.8 Å². The molecular formula is C18H24ClNO2. The minimum Gasteiger partial charge on any atom is -0.489 e. The predicted molar refractivity (Wildman–Crippen MR) is 87.9 cm³/mol. The maximum atomic E-state index is 6.61. The van der Waals surface area contributed by atoms with Crippen molar-refractivity contribution >= 4 is 11.6 Å². The van der Waals surface area contributed by atoms with Crippen LogP contribution in [0.3, 0.4) is 0 Å². The van der Waals surface area contributed by atoms with E-state index >= 15 is 0 Å². The minimum atomic E-state index is 0.0112. The summed E-state index contributed by atoms with van der Waals surface area (Å²) in [5.74, 6) is 1.64. The normalized spacial score (nSPS) is 24.8. The Labute approximate surface area is 137 Å². The van der Waals surface area contributed by atoms with Gasteiger partial charge in [-0.2, -0.15) is 0 Å². The third-order valence-corrected chi connectivity index (χ3v) is 6.14. The van der Waals surface area contributed by atoms with Crippen LogP contribution in [0.15, 0.2) is 12.1 Å². The number of benzene rings is 1. The van der Waals surface area contributed by atoms with E-state index in [1.54, 1.807) is 0 Å². The van der Waals surface area contributed by atoms with Crippen LogP contribution in [0.1, 0.15) is 50.5 Å². The Bertz CT molecular complexity index is 577. The number of ether oxygens (including phenoxy) is 2. The van der Waals surface area contributed by atoms with Gasteiger partial charge in [0.15, 0.2) is 11.5 Å². The number of halogens is 1. The molecule has 0 aromatic heterocycles. The van der Waals surface area contributed by atoms with Crippen molar-refractivity contribution in [2.24, 2.45) is 11.1 Å². The quantitative estimate of drug-likeness (QED) is 0.893. The highest BCUT2D eigenvalue weighted by Gasteiger charge is 2.46. The summed E-state index contributed by atoms with van der Waals surface area (Å²) >= 11 is 6.61.